The van der Waals surface area contributed by atoms with Crippen molar-refractivity contribution >= 4 is 12.1 Å². The van der Waals surface area contributed by atoms with Crippen LogP contribution in [-0.2, 0) is 6.61 Å². The lowest BCUT2D eigenvalue weighted by molar-refractivity contribution is 0.0954. The third-order valence-corrected chi connectivity index (χ3v) is 4.67. The van der Waals surface area contributed by atoms with E-state index in [1.165, 1.54) is 5.56 Å². The topological polar surface area (TPSA) is 69.2 Å². The van der Waals surface area contributed by atoms with E-state index >= 15 is 0 Å². The zero-order chi connectivity index (χ0) is 23.5. The molecule has 6 nitrogen and oxygen atoms in total. The highest BCUT2D eigenvalue weighted by Gasteiger charge is 2.11. The van der Waals surface area contributed by atoms with E-state index in [1.54, 1.807) is 30.5 Å². The van der Waals surface area contributed by atoms with Crippen LogP contribution >= 0.6 is 0 Å². The van der Waals surface area contributed by atoms with Crippen LogP contribution in [0.25, 0.3) is 0 Å². The maximum atomic E-state index is 12.6. The van der Waals surface area contributed by atoms with Crippen molar-refractivity contribution in [2.75, 3.05) is 13.2 Å². The number of nitrogens with zero attached hydrogens (tertiary/aromatic N) is 1. The van der Waals surface area contributed by atoms with Gasteiger partial charge in [0.15, 0.2) is 11.5 Å². The highest BCUT2D eigenvalue weighted by Crippen LogP contribution is 2.28. The summed E-state index contributed by atoms with van der Waals surface area (Å²) in [5.41, 5.74) is 5.99. The van der Waals surface area contributed by atoms with E-state index in [2.05, 4.69) is 29.2 Å². The molecule has 0 bridgehead atoms. The lowest BCUT2D eigenvalue weighted by Gasteiger charge is -2.12. The number of carbonyl (C=O) groups is 1. The van der Waals surface area contributed by atoms with Gasteiger partial charge in [-0.3, -0.25) is 4.79 Å². The smallest absolute Gasteiger partial charge is 0.271 e. The van der Waals surface area contributed by atoms with E-state index in [9.17, 15) is 4.79 Å². The van der Waals surface area contributed by atoms with Gasteiger partial charge in [-0.2, -0.15) is 5.10 Å². The Hall–Kier alpha value is -4.06. The van der Waals surface area contributed by atoms with Crippen molar-refractivity contribution in [1.82, 2.24) is 5.43 Å². The van der Waals surface area contributed by atoms with E-state index in [0.717, 1.165) is 11.1 Å². The number of aryl methyl sites for hydroxylation is 1. The Morgan fingerprint density at radius 3 is 2.52 bits per heavy atom. The highest BCUT2D eigenvalue weighted by atomic mass is 16.5. The van der Waals surface area contributed by atoms with Crippen molar-refractivity contribution in [1.29, 1.82) is 0 Å². The first-order valence-electron chi connectivity index (χ1n) is 10.7. The van der Waals surface area contributed by atoms with Crippen molar-refractivity contribution in [3.63, 3.8) is 0 Å². The zero-order valence-corrected chi connectivity index (χ0v) is 18.9. The van der Waals surface area contributed by atoms with Gasteiger partial charge >= 0.3 is 0 Å². The molecule has 0 aliphatic rings. The second-order valence-corrected chi connectivity index (χ2v) is 7.21. The van der Waals surface area contributed by atoms with Crippen LogP contribution in [0.4, 0.5) is 0 Å². The molecule has 0 fully saturated rings. The van der Waals surface area contributed by atoms with Gasteiger partial charge in [0.2, 0.25) is 0 Å². The predicted octanol–water partition coefficient (Wildman–Crippen LogP) is 5.30. The summed E-state index contributed by atoms with van der Waals surface area (Å²) in [6, 6.07) is 20.7. The van der Waals surface area contributed by atoms with Crippen molar-refractivity contribution in [2.45, 2.75) is 20.5 Å². The van der Waals surface area contributed by atoms with Crippen molar-refractivity contribution in [3.05, 3.63) is 102 Å². The lowest BCUT2D eigenvalue weighted by atomic mass is 10.1. The second-order valence-electron chi connectivity index (χ2n) is 7.21. The van der Waals surface area contributed by atoms with Gasteiger partial charge in [-0.15, -0.1) is 0 Å². The maximum Gasteiger partial charge on any atom is 0.271 e. The molecule has 3 aromatic carbocycles. The first kappa shape index (κ1) is 23.6. The minimum absolute atomic E-state index is 0.349. The Bertz CT molecular complexity index is 1110. The molecule has 6 heteroatoms. The van der Waals surface area contributed by atoms with Crippen molar-refractivity contribution < 1.29 is 19.0 Å². The van der Waals surface area contributed by atoms with Gasteiger partial charge in [0, 0.05) is 11.1 Å². The highest BCUT2D eigenvalue weighted by molar-refractivity contribution is 5.95. The molecule has 3 aromatic rings. The number of para-hydroxylation sites is 1. The molecule has 33 heavy (non-hydrogen) atoms. The molecule has 0 saturated heterocycles. The lowest BCUT2D eigenvalue weighted by Crippen LogP contribution is -2.18. The van der Waals surface area contributed by atoms with Crippen LogP contribution in [-0.4, -0.2) is 25.3 Å². The van der Waals surface area contributed by atoms with E-state index in [-0.39, 0.29) is 5.91 Å². The molecule has 0 radical (unpaired) electrons. The second kappa shape index (κ2) is 12.1. The number of nitrogens with one attached hydrogen (secondary N) is 1. The van der Waals surface area contributed by atoms with E-state index in [1.807, 2.05) is 50.2 Å². The number of hydrogen-bond donors (Lipinski definition) is 1. The molecule has 1 amide bonds. The fourth-order valence-electron chi connectivity index (χ4n) is 2.97. The molecule has 0 saturated carbocycles. The van der Waals surface area contributed by atoms with Gasteiger partial charge in [-0.05, 0) is 49.7 Å². The molecule has 0 aromatic heterocycles. The zero-order valence-electron chi connectivity index (χ0n) is 18.9. The molecular formula is C27H28N2O4. The molecule has 0 atom stereocenters. The van der Waals surface area contributed by atoms with Gasteiger partial charge in [-0.25, -0.2) is 5.43 Å². The normalized spacial score (nSPS) is 10.6. The number of benzene rings is 3. The predicted molar refractivity (Wildman–Crippen MR) is 130 cm³/mol. The number of hydrazone groups is 1. The third-order valence-electron chi connectivity index (χ3n) is 4.67. The minimum Gasteiger partial charge on any atom is -0.490 e. The molecule has 0 aliphatic carbocycles. The Morgan fingerprint density at radius 2 is 1.76 bits per heavy atom. The average molecular weight is 445 g/mol. The summed E-state index contributed by atoms with van der Waals surface area (Å²) in [6.45, 7) is 8.80. The van der Waals surface area contributed by atoms with Gasteiger partial charge in [0.25, 0.3) is 5.91 Å². The molecule has 1 N–H and O–H groups in total. The molecular weight excluding hydrogens is 416 g/mol. The minimum atomic E-state index is -0.361. The number of hydrogen-bond acceptors (Lipinski definition) is 5. The van der Waals surface area contributed by atoms with Crippen molar-refractivity contribution in [2.24, 2.45) is 5.10 Å². The fourth-order valence-corrected chi connectivity index (χ4v) is 2.97. The Balaban J connectivity index is 1.65. The molecule has 0 unspecified atom stereocenters. The van der Waals surface area contributed by atoms with Crippen molar-refractivity contribution in [3.8, 4) is 17.2 Å². The molecule has 0 heterocycles. The van der Waals surface area contributed by atoms with Crippen LogP contribution in [0.2, 0.25) is 0 Å². The molecule has 3 rings (SSSR count). The SMILES string of the molecule is C=CCOc1ccc(C(=O)N/N=C/c2ccccc2OCc2ccc(C)cc2)cc1OCC. The first-order chi connectivity index (χ1) is 16.1. The Morgan fingerprint density at radius 1 is 0.970 bits per heavy atom. The van der Waals surface area contributed by atoms with E-state index in [0.29, 0.717) is 42.6 Å². The summed E-state index contributed by atoms with van der Waals surface area (Å²) >= 11 is 0. The van der Waals surface area contributed by atoms with Gasteiger partial charge < -0.3 is 14.2 Å². The van der Waals surface area contributed by atoms with Crippen LogP contribution in [0, 0.1) is 6.92 Å². The molecule has 0 aliphatic heterocycles. The summed E-state index contributed by atoms with van der Waals surface area (Å²) in [7, 11) is 0. The van der Waals surface area contributed by atoms with Crippen LogP contribution in [0.15, 0.2) is 84.5 Å². The number of rotatable bonds is 11. The largest absolute Gasteiger partial charge is 0.490 e. The van der Waals surface area contributed by atoms with Crippen LogP contribution in [0.1, 0.15) is 34.0 Å². The fraction of sp³-hybridized carbons (Fsp3) is 0.185. The van der Waals surface area contributed by atoms with E-state index < -0.39 is 0 Å². The number of amides is 1. The quantitative estimate of drug-likeness (QED) is 0.247. The average Bonchev–Trinajstić information content (AvgIpc) is 2.83. The summed E-state index contributed by atoms with van der Waals surface area (Å²) in [4.78, 5) is 12.6. The Kier molecular flexibility index (Phi) is 8.65. The van der Waals surface area contributed by atoms with Gasteiger partial charge in [0.1, 0.15) is 19.0 Å². The van der Waals surface area contributed by atoms with Crippen LogP contribution < -0.4 is 19.6 Å². The third kappa shape index (κ3) is 6.97. The van der Waals surface area contributed by atoms with Crippen LogP contribution in [0.3, 0.4) is 0 Å². The summed E-state index contributed by atoms with van der Waals surface area (Å²) in [6.07, 6.45) is 3.21. The summed E-state index contributed by atoms with van der Waals surface area (Å²) < 4.78 is 17.1. The number of ether oxygens (including phenoxy) is 3. The summed E-state index contributed by atoms with van der Waals surface area (Å²) in [5, 5.41) is 4.10. The monoisotopic (exact) mass is 444 g/mol. The maximum absolute atomic E-state index is 12.6. The Labute approximate surface area is 194 Å². The molecule has 0 spiro atoms. The van der Waals surface area contributed by atoms with Crippen LogP contribution in [0.5, 0.6) is 17.2 Å². The van der Waals surface area contributed by atoms with Gasteiger partial charge in [-0.1, -0.05) is 54.6 Å². The summed E-state index contributed by atoms with van der Waals surface area (Å²) in [5.74, 6) is 1.36. The van der Waals surface area contributed by atoms with Gasteiger partial charge in [0.05, 0.1) is 12.8 Å². The van der Waals surface area contributed by atoms with E-state index in [4.69, 9.17) is 14.2 Å². The number of carbonyl (C=O) groups excluding carboxylic acids is 1. The molecule has 170 valence electrons. The standard InChI is InChI=1S/C27H28N2O4/c1-4-16-32-25-15-14-22(17-26(25)31-5-2)27(30)29-28-18-23-8-6-7-9-24(23)33-19-21-12-10-20(3)11-13-21/h4,6-15,17-18H,1,5,16,19H2,2-3H3,(H,29,30)/b28-18+. The first-order valence-corrected chi connectivity index (χ1v) is 10.7.